The van der Waals surface area contributed by atoms with Gasteiger partial charge in [-0.3, -0.25) is 0 Å². The quantitative estimate of drug-likeness (QED) is 0.711. The van der Waals surface area contributed by atoms with Crippen molar-refractivity contribution in [1.82, 2.24) is 10.3 Å². The van der Waals surface area contributed by atoms with Crippen LogP contribution in [0.5, 0.6) is 0 Å². The normalized spacial score (nSPS) is 12.7. The zero-order valence-corrected chi connectivity index (χ0v) is 12.8. The lowest BCUT2D eigenvalue weighted by atomic mass is 10.1. The molecular formula is C18H19ClN2. The highest BCUT2D eigenvalue weighted by Crippen LogP contribution is 2.17. The van der Waals surface area contributed by atoms with Gasteiger partial charge in [-0.2, -0.15) is 0 Å². The summed E-state index contributed by atoms with van der Waals surface area (Å²) in [6.45, 7) is 3.06. The summed E-state index contributed by atoms with van der Waals surface area (Å²) in [5.74, 6) is 0. The van der Waals surface area contributed by atoms with Crippen molar-refractivity contribution in [2.75, 3.05) is 0 Å². The van der Waals surface area contributed by atoms with E-state index in [-0.39, 0.29) is 0 Å². The molecular weight excluding hydrogens is 280 g/mol. The molecule has 0 saturated heterocycles. The summed E-state index contributed by atoms with van der Waals surface area (Å²) in [6, 6.07) is 17.0. The van der Waals surface area contributed by atoms with Gasteiger partial charge in [-0.05, 0) is 54.1 Å². The van der Waals surface area contributed by atoms with E-state index < -0.39 is 0 Å². The fraction of sp³-hybridized carbons (Fsp3) is 0.222. The minimum absolute atomic E-state index is 0.381. The van der Waals surface area contributed by atoms with Crippen LogP contribution >= 0.6 is 11.6 Å². The maximum absolute atomic E-state index is 6.21. The average Bonchev–Trinajstić information content (AvgIpc) is 2.95. The highest BCUT2D eigenvalue weighted by Gasteiger charge is 2.06. The highest BCUT2D eigenvalue weighted by atomic mass is 35.5. The van der Waals surface area contributed by atoms with E-state index in [1.807, 2.05) is 24.4 Å². The van der Waals surface area contributed by atoms with E-state index in [1.165, 1.54) is 22.0 Å². The number of hydrogen-bond acceptors (Lipinski definition) is 1. The minimum Gasteiger partial charge on any atom is -0.361 e. The van der Waals surface area contributed by atoms with E-state index in [1.54, 1.807) is 0 Å². The van der Waals surface area contributed by atoms with E-state index in [4.69, 9.17) is 11.6 Å². The third-order valence-corrected chi connectivity index (χ3v) is 4.13. The van der Waals surface area contributed by atoms with E-state index in [0.717, 1.165) is 18.0 Å². The number of aromatic amines is 1. The molecule has 2 nitrogen and oxygen atoms in total. The number of H-pyrrole nitrogens is 1. The van der Waals surface area contributed by atoms with Crippen LogP contribution in [-0.2, 0) is 13.0 Å². The van der Waals surface area contributed by atoms with Crippen molar-refractivity contribution < 1.29 is 0 Å². The Hall–Kier alpha value is -1.77. The van der Waals surface area contributed by atoms with E-state index >= 15 is 0 Å². The third kappa shape index (κ3) is 3.46. The Kier molecular flexibility index (Phi) is 4.28. The molecule has 0 amide bonds. The molecule has 0 bridgehead atoms. The molecule has 2 N–H and O–H groups in total. The number of hydrogen-bond donors (Lipinski definition) is 2. The van der Waals surface area contributed by atoms with Crippen molar-refractivity contribution in [2.24, 2.45) is 0 Å². The highest BCUT2D eigenvalue weighted by molar-refractivity contribution is 6.31. The van der Waals surface area contributed by atoms with Gasteiger partial charge in [-0.25, -0.2) is 0 Å². The smallest absolute Gasteiger partial charge is 0.0454 e. The van der Waals surface area contributed by atoms with Crippen LogP contribution < -0.4 is 5.32 Å². The zero-order chi connectivity index (χ0) is 14.7. The standard InChI is InChI=1S/C18H19ClN2/c1-13(10-15-4-2-3-5-17(15)19)21-12-14-6-7-18-16(11-14)8-9-20-18/h2-9,11,13,20-21H,10,12H2,1H3. The van der Waals surface area contributed by atoms with Crippen molar-refractivity contribution in [3.63, 3.8) is 0 Å². The summed E-state index contributed by atoms with van der Waals surface area (Å²) in [5, 5.41) is 5.67. The van der Waals surface area contributed by atoms with Gasteiger partial charge in [-0.15, -0.1) is 0 Å². The van der Waals surface area contributed by atoms with Gasteiger partial charge in [0.1, 0.15) is 0 Å². The predicted octanol–water partition coefficient (Wildman–Crippen LogP) is 4.54. The lowest BCUT2D eigenvalue weighted by Crippen LogP contribution is -2.27. The summed E-state index contributed by atoms with van der Waals surface area (Å²) in [6.07, 6.45) is 2.91. The molecule has 3 heteroatoms. The first-order valence-corrected chi connectivity index (χ1v) is 7.63. The van der Waals surface area contributed by atoms with Crippen molar-refractivity contribution in [3.8, 4) is 0 Å². The van der Waals surface area contributed by atoms with Crippen molar-refractivity contribution >= 4 is 22.5 Å². The molecule has 1 atom stereocenters. The van der Waals surface area contributed by atoms with E-state index in [0.29, 0.717) is 6.04 Å². The van der Waals surface area contributed by atoms with Crippen LogP contribution in [0.1, 0.15) is 18.1 Å². The Morgan fingerprint density at radius 3 is 2.86 bits per heavy atom. The monoisotopic (exact) mass is 298 g/mol. The molecule has 1 unspecified atom stereocenters. The summed E-state index contributed by atoms with van der Waals surface area (Å²) in [7, 11) is 0. The Balaban J connectivity index is 1.60. The molecule has 0 fully saturated rings. The lowest BCUT2D eigenvalue weighted by molar-refractivity contribution is 0.546. The van der Waals surface area contributed by atoms with Gasteiger partial charge in [0.15, 0.2) is 0 Å². The van der Waals surface area contributed by atoms with Crippen molar-refractivity contribution in [2.45, 2.75) is 25.9 Å². The first-order chi connectivity index (χ1) is 10.2. The van der Waals surface area contributed by atoms with Crippen LogP contribution in [0.25, 0.3) is 10.9 Å². The van der Waals surface area contributed by atoms with Crippen LogP contribution in [0.2, 0.25) is 5.02 Å². The molecule has 108 valence electrons. The number of fused-ring (bicyclic) bond motifs is 1. The number of aromatic nitrogens is 1. The van der Waals surface area contributed by atoms with Gasteiger partial charge >= 0.3 is 0 Å². The second-order valence-electron chi connectivity index (χ2n) is 5.48. The number of benzene rings is 2. The molecule has 2 aromatic carbocycles. The van der Waals surface area contributed by atoms with Gasteiger partial charge in [0.05, 0.1) is 0 Å². The Morgan fingerprint density at radius 2 is 2.00 bits per heavy atom. The molecule has 21 heavy (non-hydrogen) atoms. The van der Waals surface area contributed by atoms with Gasteiger partial charge in [0, 0.05) is 29.3 Å². The molecule has 3 rings (SSSR count). The van der Waals surface area contributed by atoms with Gasteiger partial charge in [-0.1, -0.05) is 35.9 Å². The van der Waals surface area contributed by atoms with Gasteiger partial charge in [0.25, 0.3) is 0 Å². The maximum atomic E-state index is 6.21. The predicted molar refractivity (Wildman–Crippen MR) is 89.8 cm³/mol. The van der Waals surface area contributed by atoms with Crippen LogP contribution in [0.3, 0.4) is 0 Å². The molecule has 3 aromatic rings. The SMILES string of the molecule is CC(Cc1ccccc1Cl)NCc1ccc2[nH]ccc2c1. The molecule has 0 aliphatic rings. The van der Waals surface area contributed by atoms with E-state index in [2.05, 4.69) is 47.6 Å². The maximum Gasteiger partial charge on any atom is 0.0454 e. The molecule has 0 radical (unpaired) electrons. The molecule has 0 aliphatic carbocycles. The zero-order valence-electron chi connectivity index (χ0n) is 12.1. The molecule has 1 heterocycles. The summed E-state index contributed by atoms with van der Waals surface area (Å²) >= 11 is 6.21. The molecule has 1 aromatic heterocycles. The number of rotatable bonds is 5. The molecule has 0 saturated carbocycles. The number of halogens is 1. The van der Waals surface area contributed by atoms with E-state index in [9.17, 15) is 0 Å². The second kappa shape index (κ2) is 6.33. The fourth-order valence-corrected chi connectivity index (χ4v) is 2.78. The van der Waals surface area contributed by atoms with Crippen molar-refractivity contribution in [1.29, 1.82) is 0 Å². The fourth-order valence-electron chi connectivity index (χ4n) is 2.57. The second-order valence-corrected chi connectivity index (χ2v) is 5.88. The first kappa shape index (κ1) is 14.2. The minimum atomic E-state index is 0.381. The van der Waals surface area contributed by atoms with Crippen LogP contribution in [0, 0.1) is 0 Å². The molecule has 0 aliphatic heterocycles. The van der Waals surface area contributed by atoms with Gasteiger partial charge < -0.3 is 10.3 Å². The Morgan fingerprint density at radius 1 is 1.14 bits per heavy atom. The summed E-state index contributed by atoms with van der Waals surface area (Å²) in [4.78, 5) is 3.22. The van der Waals surface area contributed by atoms with Crippen LogP contribution in [-0.4, -0.2) is 11.0 Å². The Labute approximate surface area is 130 Å². The lowest BCUT2D eigenvalue weighted by Gasteiger charge is -2.15. The topological polar surface area (TPSA) is 27.8 Å². The van der Waals surface area contributed by atoms with Crippen LogP contribution in [0.4, 0.5) is 0 Å². The Bertz CT molecular complexity index is 733. The summed E-state index contributed by atoms with van der Waals surface area (Å²) in [5.41, 5.74) is 3.68. The van der Waals surface area contributed by atoms with Crippen molar-refractivity contribution in [3.05, 3.63) is 70.9 Å². The largest absolute Gasteiger partial charge is 0.361 e. The number of nitrogens with one attached hydrogen (secondary N) is 2. The van der Waals surface area contributed by atoms with Gasteiger partial charge in [0.2, 0.25) is 0 Å². The van der Waals surface area contributed by atoms with Crippen LogP contribution in [0.15, 0.2) is 54.7 Å². The molecule has 0 spiro atoms. The first-order valence-electron chi connectivity index (χ1n) is 7.25. The average molecular weight is 299 g/mol. The third-order valence-electron chi connectivity index (χ3n) is 3.76. The summed E-state index contributed by atoms with van der Waals surface area (Å²) < 4.78 is 0.